The third-order valence-electron chi connectivity index (χ3n) is 1.27. The molecule has 0 radical (unpaired) electrons. The molecular formula is C7H8BrN3. The Morgan fingerprint density at radius 2 is 2.55 bits per heavy atom. The molecule has 0 saturated heterocycles. The van der Waals surface area contributed by atoms with Gasteiger partial charge in [-0.25, -0.2) is 0 Å². The number of aromatic nitrogens is 2. The van der Waals surface area contributed by atoms with Gasteiger partial charge in [0.25, 0.3) is 0 Å². The Kier molecular flexibility index (Phi) is 2.55. The van der Waals surface area contributed by atoms with E-state index >= 15 is 0 Å². The highest BCUT2D eigenvalue weighted by atomic mass is 79.9. The van der Waals surface area contributed by atoms with Gasteiger partial charge in [-0.3, -0.25) is 4.68 Å². The van der Waals surface area contributed by atoms with Crippen LogP contribution in [-0.2, 0) is 7.05 Å². The van der Waals surface area contributed by atoms with Gasteiger partial charge in [-0.05, 0) is 0 Å². The average Bonchev–Trinajstić information content (AvgIpc) is 2.31. The van der Waals surface area contributed by atoms with E-state index in [0.717, 1.165) is 5.56 Å². The lowest BCUT2D eigenvalue weighted by Crippen LogP contribution is -1.98. The molecule has 0 aliphatic rings. The number of hydrogen-bond donors (Lipinski definition) is 1. The molecule has 4 heteroatoms. The number of nitrogens with two attached hydrogens (primary N) is 1. The third-order valence-corrected chi connectivity index (χ3v) is 1.55. The molecule has 1 aromatic heterocycles. The third kappa shape index (κ3) is 1.75. The Bertz CT molecular complexity index is 305. The molecule has 1 rings (SSSR count). The molecule has 0 amide bonds. The van der Waals surface area contributed by atoms with Crippen molar-refractivity contribution in [3.05, 3.63) is 11.8 Å². The first-order chi connectivity index (χ1) is 5.25. The zero-order valence-corrected chi connectivity index (χ0v) is 7.72. The van der Waals surface area contributed by atoms with Crippen molar-refractivity contribution < 1.29 is 0 Å². The van der Waals surface area contributed by atoms with E-state index in [1.54, 1.807) is 17.9 Å². The Labute approximate surface area is 73.7 Å². The smallest absolute Gasteiger partial charge is 0.137 e. The number of aryl methyl sites for hydroxylation is 1. The van der Waals surface area contributed by atoms with Gasteiger partial charge >= 0.3 is 0 Å². The summed E-state index contributed by atoms with van der Waals surface area (Å²) in [5, 5.41) is 4.60. The second kappa shape index (κ2) is 3.44. The molecule has 0 aromatic carbocycles. The van der Waals surface area contributed by atoms with Gasteiger partial charge in [-0.1, -0.05) is 27.8 Å². The summed E-state index contributed by atoms with van der Waals surface area (Å²) < 4.78 is 1.60. The number of anilines is 1. The first kappa shape index (κ1) is 8.15. The fourth-order valence-electron chi connectivity index (χ4n) is 0.672. The molecule has 11 heavy (non-hydrogen) atoms. The minimum Gasteiger partial charge on any atom is -0.383 e. The fourth-order valence-corrected chi connectivity index (χ4v) is 0.812. The molecule has 0 unspecified atom stereocenters. The molecule has 58 valence electrons. The Morgan fingerprint density at radius 3 is 3.00 bits per heavy atom. The van der Waals surface area contributed by atoms with Crippen LogP contribution in [-0.4, -0.2) is 15.1 Å². The summed E-state index contributed by atoms with van der Waals surface area (Å²) in [6, 6.07) is 0. The van der Waals surface area contributed by atoms with Gasteiger partial charge < -0.3 is 5.73 Å². The topological polar surface area (TPSA) is 43.8 Å². The van der Waals surface area contributed by atoms with E-state index in [-0.39, 0.29) is 0 Å². The Morgan fingerprint density at radius 1 is 1.82 bits per heavy atom. The highest BCUT2D eigenvalue weighted by Crippen LogP contribution is 2.06. The SMILES string of the molecule is Cn1ncc(C#CCBr)c1N. The molecule has 0 atom stereocenters. The minimum absolute atomic E-state index is 0.610. The summed E-state index contributed by atoms with van der Waals surface area (Å²) in [4.78, 5) is 0. The van der Waals surface area contributed by atoms with E-state index in [9.17, 15) is 0 Å². The number of halogens is 1. The van der Waals surface area contributed by atoms with Gasteiger partial charge in [0.05, 0.1) is 17.1 Å². The first-order valence-corrected chi connectivity index (χ1v) is 4.20. The van der Waals surface area contributed by atoms with Gasteiger partial charge in [0.2, 0.25) is 0 Å². The van der Waals surface area contributed by atoms with Gasteiger partial charge in [-0.2, -0.15) is 5.10 Å². The van der Waals surface area contributed by atoms with E-state index < -0.39 is 0 Å². The van der Waals surface area contributed by atoms with Crippen molar-refractivity contribution in [3.63, 3.8) is 0 Å². The van der Waals surface area contributed by atoms with Crippen molar-refractivity contribution in [1.29, 1.82) is 0 Å². The number of nitrogens with zero attached hydrogens (tertiary/aromatic N) is 2. The predicted molar refractivity (Wildman–Crippen MR) is 48.3 cm³/mol. The first-order valence-electron chi connectivity index (χ1n) is 3.08. The number of alkyl halides is 1. The molecule has 2 N–H and O–H groups in total. The number of nitrogen functional groups attached to an aromatic ring is 1. The summed E-state index contributed by atoms with van der Waals surface area (Å²) in [5.74, 6) is 6.34. The lowest BCUT2D eigenvalue weighted by atomic mass is 10.3. The van der Waals surface area contributed by atoms with Gasteiger partial charge in [-0.15, -0.1) is 0 Å². The van der Waals surface area contributed by atoms with E-state index in [0.29, 0.717) is 11.1 Å². The van der Waals surface area contributed by atoms with Crippen LogP contribution < -0.4 is 5.73 Å². The molecule has 0 bridgehead atoms. The van der Waals surface area contributed by atoms with Crippen molar-refractivity contribution in [1.82, 2.24) is 9.78 Å². The van der Waals surface area contributed by atoms with E-state index in [1.807, 2.05) is 0 Å². The van der Waals surface area contributed by atoms with Crippen LogP contribution in [0.5, 0.6) is 0 Å². The monoisotopic (exact) mass is 213 g/mol. The lowest BCUT2D eigenvalue weighted by molar-refractivity contribution is 0.779. The summed E-state index contributed by atoms with van der Waals surface area (Å²) >= 11 is 3.20. The summed E-state index contributed by atoms with van der Waals surface area (Å²) in [5.41, 5.74) is 6.41. The maximum absolute atomic E-state index is 5.63. The van der Waals surface area contributed by atoms with Crippen LogP contribution in [0, 0.1) is 11.8 Å². The quantitative estimate of drug-likeness (QED) is 0.511. The normalized spacial score (nSPS) is 8.91. The van der Waals surface area contributed by atoms with Crippen LogP contribution in [0.2, 0.25) is 0 Å². The maximum Gasteiger partial charge on any atom is 0.137 e. The molecular weight excluding hydrogens is 206 g/mol. The fraction of sp³-hybridized carbons (Fsp3) is 0.286. The van der Waals surface area contributed by atoms with Gasteiger partial charge in [0, 0.05) is 7.05 Å². The van der Waals surface area contributed by atoms with Crippen LogP contribution in [0.4, 0.5) is 5.82 Å². The van der Waals surface area contributed by atoms with Crippen molar-refractivity contribution in [3.8, 4) is 11.8 Å². The van der Waals surface area contributed by atoms with Crippen LogP contribution in [0.15, 0.2) is 6.20 Å². The van der Waals surface area contributed by atoms with Crippen LogP contribution >= 0.6 is 15.9 Å². The molecule has 1 aromatic rings. The summed E-state index contributed by atoms with van der Waals surface area (Å²) in [6.45, 7) is 0. The summed E-state index contributed by atoms with van der Waals surface area (Å²) in [7, 11) is 1.79. The largest absolute Gasteiger partial charge is 0.383 e. The Balaban J connectivity index is 2.96. The van der Waals surface area contributed by atoms with E-state index in [4.69, 9.17) is 5.73 Å². The summed E-state index contributed by atoms with van der Waals surface area (Å²) in [6.07, 6.45) is 1.66. The Hall–Kier alpha value is -0.950. The van der Waals surface area contributed by atoms with Crippen LogP contribution in [0.3, 0.4) is 0 Å². The van der Waals surface area contributed by atoms with Gasteiger partial charge in [0.1, 0.15) is 5.82 Å². The van der Waals surface area contributed by atoms with Crippen LogP contribution in [0.25, 0.3) is 0 Å². The van der Waals surface area contributed by atoms with Crippen molar-refractivity contribution in [2.75, 3.05) is 11.1 Å². The lowest BCUT2D eigenvalue weighted by Gasteiger charge is -1.91. The molecule has 3 nitrogen and oxygen atoms in total. The second-order valence-electron chi connectivity index (χ2n) is 2.00. The molecule has 0 fully saturated rings. The van der Waals surface area contributed by atoms with E-state index in [2.05, 4.69) is 32.9 Å². The molecule has 0 aliphatic carbocycles. The predicted octanol–water partition coefficient (Wildman–Crippen LogP) is 0.749. The maximum atomic E-state index is 5.63. The van der Waals surface area contributed by atoms with Gasteiger partial charge in [0.15, 0.2) is 0 Å². The average molecular weight is 214 g/mol. The number of rotatable bonds is 0. The second-order valence-corrected chi connectivity index (χ2v) is 2.56. The standard InChI is InChI=1S/C7H8BrN3/c1-11-7(9)6(5-10-11)3-2-4-8/h5H,4,9H2,1H3. The van der Waals surface area contributed by atoms with Crippen molar-refractivity contribution in [2.24, 2.45) is 7.05 Å². The highest BCUT2D eigenvalue weighted by Gasteiger charge is 1.98. The molecule has 0 spiro atoms. The molecule has 1 heterocycles. The van der Waals surface area contributed by atoms with Crippen LogP contribution in [0.1, 0.15) is 5.56 Å². The highest BCUT2D eigenvalue weighted by molar-refractivity contribution is 9.09. The molecule has 0 aliphatic heterocycles. The molecule has 0 saturated carbocycles. The van der Waals surface area contributed by atoms with Crippen molar-refractivity contribution >= 4 is 21.7 Å². The van der Waals surface area contributed by atoms with E-state index in [1.165, 1.54) is 0 Å². The minimum atomic E-state index is 0.610. The zero-order valence-electron chi connectivity index (χ0n) is 6.13. The zero-order chi connectivity index (χ0) is 8.27. The van der Waals surface area contributed by atoms with Crippen molar-refractivity contribution in [2.45, 2.75) is 0 Å². The number of hydrogen-bond acceptors (Lipinski definition) is 2.